The molecule has 0 spiro atoms. The minimum absolute atomic E-state index is 0.170. The standard InChI is InChI=1S/C29H29F3O6S/c1-28(2)37-23(8-6-10-26(34)35-3)24(38-28)16-15-21-20-7-4-5-9-25(20)39-27(21)22(33)17-36-19-13-11-18(12-14-19)29(30,31)32/h4-5,7,9,11-16,23-24H,6,8,10,17H2,1-3H3/b16-15+. The number of hydrogen-bond donors (Lipinski definition) is 0. The summed E-state index contributed by atoms with van der Waals surface area (Å²) in [6, 6.07) is 11.8. The second-order valence-corrected chi connectivity index (χ2v) is 10.6. The van der Waals surface area contributed by atoms with Crippen molar-refractivity contribution in [1.29, 1.82) is 0 Å². The van der Waals surface area contributed by atoms with Crippen molar-refractivity contribution in [1.82, 2.24) is 0 Å². The van der Waals surface area contributed by atoms with Crippen LogP contribution in [0.25, 0.3) is 16.2 Å². The largest absolute Gasteiger partial charge is 0.485 e. The predicted octanol–water partition coefficient (Wildman–Crippen LogP) is 7.06. The van der Waals surface area contributed by atoms with Gasteiger partial charge in [0, 0.05) is 22.1 Å². The first-order valence-corrected chi connectivity index (χ1v) is 13.2. The highest BCUT2D eigenvalue weighted by Crippen LogP contribution is 2.36. The Kier molecular flexibility index (Phi) is 8.78. The van der Waals surface area contributed by atoms with E-state index in [2.05, 4.69) is 0 Å². The molecule has 0 amide bonds. The highest BCUT2D eigenvalue weighted by atomic mass is 32.1. The molecule has 3 aromatic rings. The van der Waals surface area contributed by atoms with Crippen LogP contribution < -0.4 is 4.74 Å². The summed E-state index contributed by atoms with van der Waals surface area (Å²) in [6.45, 7) is 3.31. The Hall–Kier alpha value is -3.21. The van der Waals surface area contributed by atoms with Crippen molar-refractivity contribution in [3.63, 3.8) is 0 Å². The maximum Gasteiger partial charge on any atom is 0.416 e. The molecular formula is C29H29F3O6S. The molecule has 0 aliphatic carbocycles. The molecular weight excluding hydrogens is 533 g/mol. The van der Waals surface area contributed by atoms with E-state index in [4.69, 9.17) is 18.9 Å². The molecule has 208 valence electrons. The quantitative estimate of drug-likeness (QED) is 0.195. The second kappa shape index (κ2) is 11.9. The van der Waals surface area contributed by atoms with Gasteiger partial charge < -0.3 is 18.9 Å². The summed E-state index contributed by atoms with van der Waals surface area (Å²) in [5.74, 6) is -1.22. The van der Waals surface area contributed by atoms with Gasteiger partial charge in [-0.1, -0.05) is 30.4 Å². The third-order valence-electron chi connectivity index (χ3n) is 6.21. The lowest BCUT2D eigenvalue weighted by molar-refractivity contribution is -0.144. The molecule has 2 atom stereocenters. The number of thiophene rings is 1. The van der Waals surface area contributed by atoms with Gasteiger partial charge in [-0.05, 0) is 57.0 Å². The van der Waals surface area contributed by atoms with Crippen LogP contribution in [0.3, 0.4) is 0 Å². The molecule has 2 aromatic carbocycles. The number of fused-ring (bicyclic) bond motifs is 1. The van der Waals surface area contributed by atoms with Crippen molar-refractivity contribution in [3.05, 3.63) is 70.6 Å². The van der Waals surface area contributed by atoms with Crippen LogP contribution in [-0.4, -0.2) is 43.5 Å². The van der Waals surface area contributed by atoms with Gasteiger partial charge in [0.1, 0.15) is 11.9 Å². The zero-order chi connectivity index (χ0) is 28.2. The molecule has 0 radical (unpaired) electrons. The van der Waals surface area contributed by atoms with Gasteiger partial charge in [-0.2, -0.15) is 13.2 Å². The van der Waals surface area contributed by atoms with Gasteiger partial charge in [0.2, 0.25) is 5.78 Å². The van der Waals surface area contributed by atoms with Crippen LogP contribution in [0.2, 0.25) is 0 Å². The first kappa shape index (κ1) is 28.8. The van der Waals surface area contributed by atoms with E-state index in [-0.39, 0.29) is 36.6 Å². The third kappa shape index (κ3) is 7.26. The Labute approximate surface area is 228 Å². The summed E-state index contributed by atoms with van der Waals surface area (Å²) in [5, 5.41) is 0.886. The normalized spacial score (nSPS) is 19.0. The molecule has 1 saturated heterocycles. The second-order valence-electron chi connectivity index (χ2n) is 9.54. The maximum atomic E-state index is 13.2. The average molecular weight is 563 g/mol. The summed E-state index contributed by atoms with van der Waals surface area (Å²) in [7, 11) is 1.35. The third-order valence-corrected chi connectivity index (χ3v) is 7.44. The number of methoxy groups -OCH3 is 1. The maximum absolute atomic E-state index is 13.2. The lowest BCUT2D eigenvalue weighted by atomic mass is 10.0. The Bertz CT molecular complexity index is 1340. The molecule has 0 saturated carbocycles. The van der Waals surface area contributed by atoms with E-state index in [1.54, 1.807) is 0 Å². The monoisotopic (exact) mass is 562 g/mol. The van der Waals surface area contributed by atoms with Crippen LogP contribution in [0.5, 0.6) is 5.75 Å². The topological polar surface area (TPSA) is 71.1 Å². The molecule has 1 aliphatic rings. The Balaban J connectivity index is 1.52. The van der Waals surface area contributed by atoms with Crippen LogP contribution in [-0.2, 0) is 25.2 Å². The lowest BCUT2D eigenvalue weighted by Gasteiger charge is -2.16. The zero-order valence-electron chi connectivity index (χ0n) is 21.7. The number of carbonyl (C=O) groups is 2. The van der Waals surface area contributed by atoms with Gasteiger partial charge in [0.15, 0.2) is 12.4 Å². The Morgan fingerprint density at radius 3 is 2.49 bits per heavy atom. The van der Waals surface area contributed by atoms with Crippen LogP contribution in [0.15, 0.2) is 54.6 Å². The number of alkyl halides is 3. The number of ether oxygens (including phenoxy) is 4. The minimum atomic E-state index is -4.45. The number of carbonyl (C=O) groups excluding carboxylic acids is 2. The average Bonchev–Trinajstić information content (AvgIpc) is 3.41. The molecule has 6 nitrogen and oxygen atoms in total. The van der Waals surface area contributed by atoms with Crippen LogP contribution in [0.4, 0.5) is 13.2 Å². The van der Waals surface area contributed by atoms with Crippen molar-refractivity contribution in [2.75, 3.05) is 13.7 Å². The predicted molar refractivity (Wildman–Crippen MR) is 142 cm³/mol. The highest BCUT2D eigenvalue weighted by molar-refractivity contribution is 7.21. The molecule has 0 bridgehead atoms. The van der Waals surface area contributed by atoms with Crippen molar-refractivity contribution in [3.8, 4) is 5.75 Å². The number of ketones is 1. The molecule has 4 rings (SSSR count). The SMILES string of the molecule is COC(=O)CCCC1OC(C)(C)OC1/C=C/c1c(C(=O)COc2ccc(C(F)(F)F)cc2)sc2ccccc12. The van der Waals surface area contributed by atoms with Gasteiger partial charge in [-0.15, -0.1) is 11.3 Å². The molecule has 1 aliphatic heterocycles. The van der Waals surface area contributed by atoms with E-state index in [0.29, 0.717) is 23.3 Å². The molecule has 0 N–H and O–H groups in total. The van der Waals surface area contributed by atoms with Crippen molar-refractivity contribution in [2.24, 2.45) is 0 Å². The molecule has 2 unspecified atom stereocenters. The summed E-state index contributed by atoms with van der Waals surface area (Å²) in [6.07, 6.45) is 0.0108. The zero-order valence-corrected chi connectivity index (χ0v) is 22.6. The summed E-state index contributed by atoms with van der Waals surface area (Å²) < 4.78 is 61.7. The van der Waals surface area contributed by atoms with E-state index in [9.17, 15) is 22.8 Å². The van der Waals surface area contributed by atoms with E-state index in [1.165, 1.54) is 30.6 Å². The van der Waals surface area contributed by atoms with Gasteiger partial charge in [-0.3, -0.25) is 9.59 Å². The number of Topliss-reactive ketones (excluding diaryl/α,β-unsaturated/α-hetero) is 1. The van der Waals surface area contributed by atoms with Gasteiger partial charge in [-0.25, -0.2) is 0 Å². The van der Waals surface area contributed by atoms with E-state index in [0.717, 1.165) is 22.2 Å². The van der Waals surface area contributed by atoms with E-state index in [1.807, 2.05) is 50.3 Å². The number of hydrogen-bond acceptors (Lipinski definition) is 7. The van der Waals surface area contributed by atoms with E-state index >= 15 is 0 Å². The molecule has 39 heavy (non-hydrogen) atoms. The molecule has 1 aromatic heterocycles. The van der Waals surface area contributed by atoms with Crippen LogP contribution in [0, 0.1) is 0 Å². The number of rotatable bonds is 10. The Morgan fingerprint density at radius 2 is 1.79 bits per heavy atom. The highest BCUT2D eigenvalue weighted by Gasteiger charge is 2.39. The first-order chi connectivity index (χ1) is 18.5. The summed E-state index contributed by atoms with van der Waals surface area (Å²) in [4.78, 5) is 25.2. The van der Waals surface area contributed by atoms with Gasteiger partial charge in [0.05, 0.1) is 23.7 Å². The lowest BCUT2D eigenvalue weighted by Crippen LogP contribution is -2.21. The fourth-order valence-corrected chi connectivity index (χ4v) is 5.50. The fraction of sp³-hybridized carbons (Fsp3) is 0.379. The summed E-state index contributed by atoms with van der Waals surface area (Å²) >= 11 is 1.32. The van der Waals surface area contributed by atoms with Crippen LogP contribution in [0.1, 0.15) is 53.9 Å². The smallest absolute Gasteiger partial charge is 0.416 e. The van der Waals surface area contributed by atoms with Gasteiger partial charge in [0.25, 0.3) is 0 Å². The molecule has 1 fully saturated rings. The minimum Gasteiger partial charge on any atom is -0.485 e. The van der Waals surface area contributed by atoms with Crippen molar-refractivity contribution >= 4 is 39.3 Å². The van der Waals surface area contributed by atoms with Crippen molar-refractivity contribution in [2.45, 2.75) is 57.3 Å². The number of esters is 1. The number of benzene rings is 2. The van der Waals surface area contributed by atoms with Gasteiger partial charge >= 0.3 is 12.1 Å². The number of halogens is 3. The Morgan fingerprint density at radius 1 is 1.08 bits per heavy atom. The first-order valence-electron chi connectivity index (χ1n) is 12.4. The summed E-state index contributed by atoms with van der Waals surface area (Å²) in [5.41, 5.74) is -0.0822. The fourth-order valence-electron chi connectivity index (χ4n) is 4.38. The molecule has 10 heteroatoms. The molecule has 2 heterocycles. The van der Waals surface area contributed by atoms with E-state index < -0.39 is 23.6 Å². The van der Waals surface area contributed by atoms with Crippen molar-refractivity contribution < 1.29 is 41.7 Å². The van der Waals surface area contributed by atoms with Crippen LogP contribution >= 0.6 is 11.3 Å².